The van der Waals surface area contributed by atoms with E-state index in [1.165, 1.54) is 33.1 Å². The Balaban J connectivity index is 1.31. The van der Waals surface area contributed by atoms with Gasteiger partial charge in [-0.25, -0.2) is 4.98 Å². The Morgan fingerprint density at radius 2 is 1.94 bits per heavy atom. The second kappa shape index (κ2) is 10.4. The molecule has 33 heavy (non-hydrogen) atoms. The van der Waals surface area contributed by atoms with E-state index in [-0.39, 0.29) is 12.6 Å². The normalized spacial score (nSPS) is 17.6. The van der Waals surface area contributed by atoms with E-state index in [0.29, 0.717) is 23.8 Å². The molecule has 0 bridgehead atoms. The summed E-state index contributed by atoms with van der Waals surface area (Å²) in [6.07, 6.45) is -1.48. The lowest BCUT2D eigenvalue weighted by Gasteiger charge is -2.27. The molecule has 0 spiro atoms. The van der Waals surface area contributed by atoms with Gasteiger partial charge in [0.05, 0.1) is 18.3 Å². The highest BCUT2D eigenvalue weighted by atomic mass is 32.1. The second-order valence-corrected chi connectivity index (χ2v) is 9.88. The van der Waals surface area contributed by atoms with E-state index in [9.17, 15) is 19.8 Å². The number of thiophene rings is 1. The lowest BCUT2D eigenvalue weighted by molar-refractivity contribution is -0.153. The van der Waals surface area contributed by atoms with Gasteiger partial charge >= 0.3 is 0 Å². The fourth-order valence-corrected chi connectivity index (χ4v) is 5.40. The minimum absolute atomic E-state index is 0.209. The maximum Gasteiger partial charge on any atom is 0.255 e. The first-order valence-corrected chi connectivity index (χ1v) is 12.4. The van der Waals surface area contributed by atoms with Crippen molar-refractivity contribution in [3.05, 3.63) is 68.9 Å². The third-order valence-corrected chi connectivity index (χ3v) is 7.31. The van der Waals surface area contributed by atoms with Crippen molar-refractivity contribution in [2.75, 3.05) is 12.3 Å². The summed E-state index contributed by atoms with van der Waals surface area (Å²) in [5.41, 5.74) is 8.70. The summed E-state index contributed by atoms with van der Waals surface area (Å²) in [6.45, 7) is 0.631. The maximum atomic E-state index is 12.8. The molecule has 2 amide bonds. The third-order valence-electron chi connectivity index (χ3n) is 5.63. The first kappa shape index (κ1) is 23.4. The summed E-state index contributed by atoms with van der Waals surface area (Å²) in [4.78, 5) is 31.8. The van der Waals surface area contributed by atoms with Gasteiger partial charge in [0.25, 0.3) is 11.8 Å². The van der Waals surface area contributed by atoms with Crippen molar-refractivity contribution >= 4 is 39.6 Å². The van der Waals surface area contributed by atoms with Crippen molar-refractivity contribution in [3.8, 4) is 0 Å². The number of nitrogens with zero attached hydrogens (tertiary/aromatic N) is 2. The summed E-state index contributed by atoms with van der Waals surface area (Å²) in [5.74, 6) is -1.48. The van der Waals surface area contributed by atoms with E-state index >= 15 is 0 Å². The van der Waals surface area contributed by atoms with Crippen LogP contribution in [0, 0.1) is 0 Å². The number of likely N-dealkylation sites (tertiary alicyclic amines) is 1. The summed E-state index contributed by atoms with van der Waals surface area (Å²) in [6, 6.07) is 11.8. The summed E-state index contributed by atoms with van der Waals surface area (Å²) in [5, 5.41) is 27.6. The van der Waals surface area contributed by atoms with Crippen LogP contribution in [0.15, 0.2) is 47.2 Å². The molecular formula is C23H26N4O4S2. The van der Waals surface area contributed by atoms with Gasteiger partial charge in [-0.05, 0) is 41.8 Å². The lowest BCUT2D eigenvalue weighted by Crippen LogP contribution is -2.50. The van der Waals surface area contributed by atoms with Crippen molar-refractivity contribution < 1.29 is 19.8 Å². The van der Waals surface area contributed by atoms with E-state index in [0.717, 1.165) is 23.3 Å². The van der Waals surface area contributed by atoms with Crippen LogP contribution in [-0.2, 0) is 22.6 Å². The summed E-state index contributed by atoms with van der Waals surface area (Å²) >= 11 is 2.79. The number of hydrogen-bond donors (Lipinski definition) is 4. The molecule has 0 saturated carbocycles. The molecular weight excluding hydrogens is 460 g/mol. The second-order valence-electron chi connectivity index (χ2n) is 7.99. The predicted octanol–water partition coefficient (Wildman–Crippen LogP) is 2.08. The monoisotopic (exact) mass is 486 g/mol. The molecule has 0 unspecified atom stereocenters. The summed E-state index contributed by atoms with van der Waals surface area (Å²) < 4.78 is 0. The number of aromatic nitrogens is 1. The van der Waals surface area contributed by atoms with Gasteiger partial charge in [0.15, 0.2) is 17.3 Å². The number of aliphatic hydroxyl groups excluding tert-OH is 2. The van der Waals surface area contributed by atoms with Crippen molar-refractivity contribution in [1.29, 1.82) is 0 Å². The van der Waals surface area contributed by atoms with Gasteiger partial charge in [-0.2, -0.15) is 0 Å². The van der Waals surface area contributed by atoms with Gasteiger partial charge < -0.3 is 26.2 Å². The highest BCUT2D eigenvalue weighted by Crippen LogP contribution is 2.33. The number of amides is 2. The van der Waals surface area contributed by atoms with Gasteiger partial charge in [-0.1, -0.05) is 30.3 Å². The Morgan fingerprint density at radius 3 is 2.67 bits per heavy atom. The number of nitrogens with one attached hydrogen (secondary N) is 1. The molecule has 5 N–H and O–H groups in total. The zero-order valence-corrected chi connectivity index (χ0v) is 19.5. The Hall–Kier alpha value is -2.79. The predicted molar refractivity (Wildman–Crippen MR) is 128 cm³/mol. The van der Waals surface area contributed by atoms with E-state index in [1.54, 1.807) is 5.38 Å². The molecule has 8 nitrogen and oxygen atoms in total. The molecule has 4 rings (SSSR count). The minimum Gasteiger partial charge on any atom is -0.380 e. The molecule has 3 heterocycles. The fraction of sp³-hybridized carbons (Fsp3) is 0.348. The van der Waals surface area contributed by atoms with Crippen LogP contribution in [0.2, 0.25) is 0 Å². The first-order valence-electron chi connectivity index (χ1n) is 10.7. The number of nitrogens with two attached hydrogens (primary N) is 1. The van der Waals surface area contributed by atoms with Gasteiger partial charge in [0, 0.05) is 16.8 Å². The maximum absolute atomic E-state index is 12.8. The van der Waals surface area contributed by atoms with Crippen LogP contribution in [0.3, 0.4) is 0 Å². The Bertz CT molecular complexity index is 1100. The van der Waals surface area contributed by atoms with Crippen LogP contribution in [0.4, 0.5) is 5.13 Å². The van der Waals surface area contributed by atoms with Gasteiger partial charge in [0.2, 0.25) is 0 Å². The molecule has 1 aliphatic rings. The molecule has 174 valence electrons. The summed E-state index contributed by atoms with van der Waals surface area (Å²) in [7, 11) is 0. The number of aliphatic hydroxyl groups is 2. The molecule has 1 fully saturated rings. The number of rotatable bonds is 8. The molecule has 1 saturated heterocycles. The van der Waals surface area contributed by atoms with Crippen molar-refractivity contribution in [1.82, 2.24) is 15.2 Å². The van der Waals surface area contributed by atoms with Crippen LogP contribution in [0.25, 0.3) is 0 Å². The topological polar surface area (TPSA) is 129 Å². The number of nitrogen functional groups attached to an aromatic ring is 1. The van der Waals surface area contributed by atoms with Crippen LogP contribution in [0.5, 0.6) is 0 Å². The quantitative estimate of drug-likeness (QED) is 0.386. The number of benzene rings is 1. The third kappa shape index (κ3) is 5.59. The number of carbonyl (C=O) groups excluding carboxylic acids is 2. The lowest BCUT2D eigenvalue weighted by atomic mass is 10.1. The van der Waals surface area contributed by atoms with E-state index in [2.05, 4.69) is 22.4 Å². The Labute approximate surface area is 199 Å². The number of carbonyl (C=O) groups is 2. The molecule has 2 aromatic heterocycles. The van der Waals surface area contributed by atoms with Gasteiger partial charge in [0.1, 0.15) is 0 Å². The fourth-order valence-electron chi connectivity index (χ4n) is 3.96. The zero-order chi connectivity index (χ0) is 23.4. The van der Waals surface area contributed by atoms with Crippen LogP contribution < -0.4 is 11.1 Å². The Kier molecular flexibility index (Phi) is 7.39. The van der Waals surface area contributed by atoms with Crippen molar-refractivity contribution in [2.24, 2.45) is 0 Å². The van der Waals surface area contributed by atoms with Crippen LogP contribution in [-0.4, -0.2) is 50.7 Å². The SMILES string of the molecule is Nc1nc([C@H]2CCCN2C(=O)[C@H](O)[C@@H](O)C(=O)NCc2cc(Cc3ccccc3)cs2)cs1. The minimum atomic E-state index is -1.86. The smallest absolute Gasteiger partial charge is 0.255 e. The molecule has 1 aliphatic heterocycles. The van der Waals surface area contributed by atoms with Gasteiger partial charge in [-0.15, -0.1) is 22.7 Å². The van der Waals surface area contributed by atoms with Crippen LogP contribution in [0.1, 0.15) is 40.6 Å². The van der Waals surface area contributed by atoms with Crippen molar-refractivity contribution in [2.45, 2.75) is 44.1 Å². The molecule has 3 aromatic rings. The van der Waals surface area contributed by atoms with E-state index < -0.39 is 24.0 Å². The highest BCUT2D eigenvalue weighted by molar-refractivity contribution is 7.13. The van der Waals surface area contributed by atoms with Crippen molar-refractivity contribution in [3.63, 3.8) is 0 Å². The first-order chi connectivity index (χ1) is 15.9. The van der Waals surface area contributed by atoms with E-state index in [1.807, 2.05) is 29.6 Å². The zero-order valence-electron chi connectivity index (χ0n) is 17.9. The largest absolute Gasteiger partial charge is 0.380 e. The Morgan fingerprint density at radius 1 is 1.15 bits per heavy atom. The average Bonchev–Trinajstić information content (AvgIpc) is 3.57. The highest BCUT2D eigenvalue weighted by Gasteiger charge is 2.39. The molecule has 10 heteroatoms. The molecule has 0 radical (unpaired) electrons. The molecule has 1 aromatic carbocycles. The molecule has 3 atom stereocenters. The number of thiazole rings is 1. The molecule has 0 aliphatic carbocycles. The standard InChI is InChI=1S/C23H26N4O4S2/c24-23-26-17(13-33-23)18-7-4-8-27(18)22(31)20(29)19(28)21(30)25-11-16-10-15(12-32-16)9-14-5-2-1-3-6-14/h1-3,5-6,10,12-13,18-20,28-29H,4,7-9,11H2,(H2,24,26)(H,25,30)/t18-,19-,20-/m1/s1. The average molecular weight is 487 g/mol. The number of anilines is 1. The van der Waals surface area contributed by atoms with Crippen LogP contribution >= 0.6 is 22.7 Å². The number of hydrogen-bond acceptors (Lipinski definition) is 8. The van der Waals surface area contributed by atoms with Gasteiger partial charge in [-0.3, -0.25) is 9.59 Å². The van der Waals surface area contributed by atoms with E-state index in [4.69, 9.17) is 5.73 Å².